The van der Waals surface area contributed by atoms with Crippen molar-refractivity contribution in [3.63, 3.8) is 0 Å². The molecule has 0 aromatic heterocycles. The molecule has 0 aliphatic carbocycles. The fourth-order valence-electron chi connectivity index (χ4n) is 2.35. The van der Waals surface area contributed by atoms with E-state index >= 15 is 0 Å². The number of hydrogen-bond donors (Lipinski definition) is 2. The Morgan fingerprint density at radius 1 is 1.33 bits per heavy atom. The lowest BCUT2D eigenvalue weighted by atomic mass is 10.1. The Hall–Kier alpha value is -1.27. The molecule has 1 aliphatic heterocycles. The van der Waals surface area contributed by atoms with E-state index in [9.17, 15) is 13.2 Å². The molecule has 1 aromatic carbocycles. The van der Waals surface area contributed by atoms with E-state index in [0.29, 0.717) is 31.0 Å². The molecule has 2 rings (SSSR count). The predicted molar refractivity (Wildman–Crippen MR) is 83.3 cm³/mol. The van der Waals surface area contributed by atoms with Crippen LogP contribution in [0.15, 0.2) is 24.3 Å². The minimum atomic E-state index is -2.88. The largest absolute Gasteiger partial charge is 0.338 e. The second-order valence-corrected chi connectivity index (χ2v) is 7.95. The van der Waals surface area contributed by atoms with Crippen LogP contribution in [0.2, 0.25) is 5.02 Å². The third kappa shape index (κ3) is 5.55. The van der Waals surface area contributed by atoms with E-state index in [1.54, 1.807) is 6.07 Å². The summed E-state index contributed by atoms with van der Waals surface area (Å²) in [5.41, 5.74) is 1.06. The van der Waals surface area contributed by atoms with Gasteiger partial charge in [-0.05, 0) is 36.5 Å². The highest BCUT2D eigenvalue weighted by molar-refractivity contribution is 7.91. The number of halogens is 1. The van der Waals surface area contributed by atoms with Gasteiger partial charge >= 0.3 is 6.03 Å². The van der Waals surface area contributed by atoms with Crippen LogP contribution in [-0.4, -0.2) is 39.0 Å². The van der Waals surface area contributed by atoms with Crippen molar-refractivity contribution in [1.82, 2.24) is 10.6 Å². The lowest BCUT2D eigenvalue weighted by Gasteiger charge is -2.11. The summed E-state index contributed by atoms with van der Waals surface area (Å²) in [6, 6.07) is 7.24. The molecule has 1 saturated heterocycles. The SMILES string of the molecule is O=C(NCCc1cccc(Cl)c1)NCC1CCS(=O)(=O)C1. The summed E-state index contributed by atoms with van der Waals surface area (Å²) >= 11 is 5.88. The van der Waals surface area contributed by atoms with Gasteiger partial charge in [0.25, 0.3) is 0 Å². The molecule has 0 saturated carbocycles. The standard InChI is InChI=1S/C14H19ClN2O3S/c15-13-3-1-2-11(8-13)4-6-16-14(18)17-9-12-5-7-21(19,20)10-12/h1-3,8,12H,4-7,9-10H2,(H2,16,17,18). The van der Waals surface area contributed by atoms with Crippen LogP contribution in [-0.2, 0) is 16.3 Å². The number of urea groups is 1. The molecule has 1 heterocycles. The van der Waals surface area contributed by atoms with E-state index < -0.39 is 9.84 Å². The van der Waals surface area contributed by atoms with Gasteiger partial charge in [-0.2, -0.15) is 0 Å². The number of carbonyl (C=O) groups excluding carboxylic acids is 1. The van der Waals surface area contributed by atoms with Gasteiger partial charge in [-0.15, -0.1) is 0 Å². The summed E-state index contributed by atoms with van der Waals surface area (Å²) in [6.07, 6.45) is 1.33. The Morgan fingerprint density at radius 2 is 2.14 bits per heavy atom. The molecular weight excluding hydrogens is 312 g/mol. The van der Waals surface area contributed by atoms with Gasteiger partial charge in [0, 0.05) is 18.1 Å². The first kappa shape index (κ1) is 16.1. The topological polar surface area (TPSA) is 75.3 Å². The Bertz CT molecular complexity index is 604. The molecule has 1 fully saturated rings. The number of rotatable bonds is 5. The van der Waals surface area contributed by atoms with E-state index in [0.717, 1.165) is 5.56 Å². The van der Waals surface area contributed by atoms with Gasteiger partial charge in [0.15, 0.2) is 9.84 Å². The highest BCUT2D eigenvalue weighted by atomic mass is 35.5. The number of sulfone groups is 1. The molecule has 5 nitrogen and oxygen atoms in total. The Labute approximate surface area is 130 Å². The molecule has 1 aromatic rings. The van der Waals surface area contributed by atoms with Crippen molar-refractivity contribution in [2.45, 2.75) is 12.8 Å². The molecular formula is C14H19ClN2O3S. The molecule has 2 N–H and O–H groups in total. The molecule has 21 heavy (non-hydrogen) atoms. The van der Waals surface area contributed by atoms with Crippen LogP contribution in [0.5, 0.6) is 0 Å². The van der Waals surface area contributed by atoms with Crippen LogP contribution >= 0.6 is 11.6 Å². The lowest BCUT2D eigenvalue weighted by Crippen LogP contribution is -2.39. The quantitative estimate of drug-likeness (QED) is 0.861. The smallest absolute Gasteiger partial charge is 0.314 e. The first-order valence-electron chi connectivity index (χ1n) is 6.91. The van der Waals surface area contributed by atoms with Gasteiger partial charge in [0.05, 0.1) is 11.5 Å². The van der Waals surface area contributed by atoms with Gasteiger partial charge < -0.3 is 10.6 Å². The minimum absolute atomic E-state index is 0.0358. The van der Waals surface area contributed by atoms with E-state index in [4.69, 9.17) is 11.6 Å². The van der Waals surface area contributed by atoms with Gasteiger partial charge in [-0.1, -0.05) is 23.7 Å². The second kappa shape index (κ2) is 7.13. The van der Waals surface area contributed by atoms with Crippen molar-refractivity contribution in [2.75, 3.05) is 24.6 Å². The fraction of sp³-hybridized carbons (Fsp3) is 0.500. The lowest BCUT2D eigenvalue weighted by molar-refractivity contribution is 0.239. The Balaban J connectivity index is 1.64. The molecule has 1 unspecified atom stereocenters. The molecule has 1 atom stereocenters. The molecule has 0 radical (unpaired) electrons. The van der Waals surface area contributed by atoms with Crippen LogP contribution in [0.4, 0.5) is 4.79 Å². The van der Waals surface area contributed by atoms with Crippen molar-refractivity contribution >= 4 is 27.5 Å². The van der Waals surface area contributed by atoms with Crippen LogP contribution in [0.3, 0.4) is 0 Å². The first-order valence-corrected chi connectivity index (χ1v) is 9.11. The predicted octanol–water partition coefficient (Wildman–Crippen LogP) is 1.62. The Kier molecular flexibility index (Phi) is 5.47. The van der Waals surface area contributed by atoms with Crippen molar-refractivity contribution in [2.24, 2.45) is 5.92 Å². The molecule has 1 aliphatic rings. The van der Waals surface area contributed by atoms with Gasteiger partial charge in [-0.25, -0.2) is 13.2 Å². The summed E-state index contributed by atoms with van der Waals surface area (Å²) in [4.78, 5) is 11.6. The molecule has 0 spiro atoms. The summed E-state index contributed by atoms with van der Waals surface area (Å²) in [6.45, 7) is 0.914. The fourth-order valence-corrected chi connectivity index (χ4v) is 4.42. The summed E-state index contributed by atoms with van der Waals surface area (Å²) < 4.78 is 22.6. The van der Waals surface area contributed by atoms with Gasteiger partial charge in [-0.3, -0.25) is 0 Å². The second-order valence-electron chi connectivity index (χ2n) is 5.29. The molecule has 0 bridgehead atoms. The van der Waals surface area contributed by atoms with Gasteiger partial charge in [0.1, 0.15) is 0 Å². The maximum absolute atomic E-state index is 11.6. The third-order valence-corrected chi connectivity index (χ3v) is 5.54. The zero-order chi connectivity index (χ0) is 15.3. The highest BCUT2D eigenvalue weighted by Crippen LogP contribution is 2.17. The highest BCUT2D eigenvalue weighted by Gasteiger charge is 2.27. The molecule has 2 amide bonds. The van der Waals surface area contributed by atoms with Crippen LogP contribution in [0.25, 0.3) is 0 Å². The monoisotopic (exact) mass is 330 g/mol. The van der Waals surface area contributed by atoms with Crippen molar-refractivity contribution in [3.05, 3.63) is 34.9 Å². The average Bonchev–Trinajstić information content (AvgIpc) is 2.76. The summed E-state index contributed by atoms with van der Waals surface area (Å²) in [7, 11) is -2.88. The summed E-state index contributed by atoms with van der Waals surface area (Å²) in [5, 5.41) is 6.15. The maximum Gasteiger partial charge on any atom is 0.314 e. The van der Waals surface area contributed by atoms with E-state index in [2.05, 4.69) is 10.6 Å². The third-order valence-electron chi connectivity index (χ3n) is 3.47. The van der Waals surface area contributed by atoms with Crippen molar-refractivity contribution < 1.29 is 13.2 Å². The number of benzene rings is 1. The normalized spacial score (nSPS) is 20.1. The zero-order valence-electron chi connectivity index (χ0n) is 11.6. The van der Waals surface area contributed by atoms with E-state index in [1.807, 2.05) is 18.2 Å². The number of amides is 2. The molecule has 116 valence electrons. The zero-order valence-corrected chi connectivity index (χ0v) is 13.2. The van der Waals surface area contributed by atoms with Crippen LogP contribution < -0.4 is 10.6 Å². The van der Waals surface area contributed by atoms with E-state index in [1.165, 1.54) is 0 Å². The van der Waals surface area contributed by atoms with Crippen LogP contribution in [0.1, 0.15) is 12.0 Å². The van der Waals surface area contributed by atoms with Crippen molar-refractivity contribution in [1.29, 1.82) is 0 Å². The van der Waals surface area contributed by atoms with E-state index in [-0.39, 0.29) is 23.5 Å². The maximum atomic E-state index is 11.6. The minimum Gasteiger partial charge on any atom is -0.338 e. The number of nitrogens with one attached hydrogen (secondary N) is 2. The molecule has 7 heteroatoms. The number of hydrogen-bond acceptors (Lipinski definition) is 3. The average molecular weight is 331 g/mol. The number of carbonyl (C=O) groups is 1. The first-order chi connectivity index (χ1) is 9.94. The Morgan fingerprint density at radius 3 is 2.81 bits per heavy atom. The van der Waals surface area contributed by atoms with Crippen molar-refractivity contribution in [3.8, 4) is 0 Å². The van der Waals surface area contributed by atoms with Gasteiger partial charge in [0.2, 0.25) is 0 Å². The summed E-state index contributed by atoms with van der Waals surface area (Å²) in [5.74, 6) is 0.444. The van der Waals surface area contributed by atoms with Crippen LogP contribution in [0, 0.1) is 5.92 Å².